The summed E-state index contributed by atoms with van der Waals surface area (Å²) in [4.78, 5) is 12.6. The van der Waals surface area contributed by atoms with Crippen molar-refractivity contribution in [3.05, 3.63) is 7.57 Å². The minimum Gasteiger partial charge on any atom is -0.274 e. The van der Waals surface area contributed by atoms with Crippen LogP contribution in [0.1, 0.15) is 6.92 Å². The third-order valence-electron chi connectivity index (χ3n) is 1.49. The molecule has 2 rings (SSSR count). The summed E-state index contributed by atoms with van der Waals surface area (Å²) in [5, 5.41) is 0. The highest BCUT2D eigenvalue weighted by atomic mass is 79.9. The van der Waals surface area contributed by atoms with Gasteiger partial charge in [-0.3, -0.25) is 9.69 Å². The van der Waals surface area contributed by atoms with E-state index in [0.29, 0.717) is 0 Å². The molecule has 0 aromatic carbocycles. The maximum atomic E-state index is 10.9. The number of hydrogen-bond donors (Lipinski definition) is 0. The molecule has 0 spiro atoms. The Morgan fingerprint density at radius 1 is 1.36 bits per heavy atom. The lowest BCUT2D eigenvalue weighted by molar-refractivity contribution is -0.115. The Morgan fingerprint density at radius 2 is 1.82 bits per heavy atom. The predicted molar refractivity (Wildman–Crippen MR) is 52.5 cm³/mol. The van der Waals surface area contributed by atoms with E-state index in [9.17, 15) is 4.79 Å². The summed E-state index contributed by atoms with van der Waals surface area (Å²) in [5.74, 6) is 0.0733. The lowest BCUT2D eigenvalue weighted by Crippen LogP contribution is -2.07. The number of halogens is 2. The third kappa shape index (κ3) is 0.981. The molecule has 1 aromatic rings. The van der Waals surface area contributed by atoms with E-state index >= 15 is 0 Å². The standard InChI is InChI=1S/C6H3Br2NOS/c1-2(10)9-3-4(9)6(8)11-5(3)7/h1H3. The first-order valence-corrected chi connectivity index (χ1v) is 5.31. The second-order valence-electron chi connectivity index (χ2n) is 2.20. The van der Waals surface area contributed by atoms with Gasteiger partial charge in [0, 0.05) is 6.92 Å². The highest BCUT2D eigenvalue weighted by Crippen LogP contribution is 2.61. The van der Waals surface area contributed by atoms with Gasteiger partial charge in [0.2, 0.25) is 5.91 Å². The fourth-order valence-corrected chi connectivity index (χ4v) is 4.10. The van der Waals surface area contributed by atoms with Crippen LogP contribution in [0.15, 0.2) is 7.57 Å². The Balaban J connectivity index is 2.44. The summed E-state index contributed by atoms with van der Waals surface area (Å²) in [5.41, 5.74) is 2.05. The van der Waals surface area contributed by atoms with Crippen molar-refractivity contribution in [2.45, 2.75) is 6.92 Å². The monoisotopic (exact) mass is 295 g/mol. The number of amides is 1. The van der Waals surface area contributed by atoms with Crippen LogP contribution in [-0.4, -0.2) is 5.91 Å². The number of thiophene rings is 1. The number of rotatable bonds is 0. The molecule has 0 saturated carbocycles. The Morgan fingerprint density at radius 3 is 2.09 bits per heavy atom. The van der Waals surface area contributed by atoms with E-state index in [2.05, 4.69) is 31.9 Å². The van der Waals surface area contributed by atoms with E-state index in [1.54, 1.807) is 23.2 Å². The fraction of sp³-hybridized carbons (Fsp3) is 0.167. The summed E-state index contributed by atoms with van der Waals surface area (Å²) in [6.45, 7) is 1.56. The quantitative estimate of drug-likeness (QED) is 0.673. The van der Waals surface area contributed by atoms with Gasteiger partial charge in [-0.15, -0.1) is 11.3 Å². The first-order valence-electron chi connectivity index (χ1n) is 2.91. The van der Waals surface area contributed by atoms with E-state index in [1.165, 1.54) is 0 Å². The van der Waals surface area contributed by atoms with Crippen molar-refractivity contribution >= 4 is 60.5 Å². The van der Waals surface area contributed by atoms with E-state index in [1.807, 2.05) is 0 Å². The molecule has 0 atom stereocenters. The van der Waals surface area contributed by atoms with Gasteiger partial charge in [0.1, 0.15) is 0 Å². The molecule has 5 heteroatoms. The van der Waals surface area contributed by atoms with Crippen molar-refractivity contribution in [3.63, 3.8) is 0 Å². The number of fused-ring (bicyclic) bond motifs is 1. The normalized spacial score (nSPS) is 13.2. The Bertz CT molecular complexity index is 322. The molecule has 1 aliphatic heterocycles. The van der Waals surface area contributed by atoms with Crippen LogP contribution in [-0.2, 0) is 4.79 Å². The molecule has 2 nitrogen and oxygen atoms in total. The van der Waals surface area contributed by atoms with Gasteiger partial charge in [-0.25, -0.2) is 0 Å². The average molecular weight is 297 g/mol. The maximum Gasteiger partial charge on any atom is 0.228 e. The number of carbonyl (C=O) groups is 1. The van der Waals surface area contributed by atoms with Gasteiger partial charge in [-0.2, -0.15) is 0 Å². The van der Waals surface area contributed by atoms with Crippen LogP contribution in [0.25, 0.3) is 0 Å². The summed E-state index contributed by atoms with van der Waals surface area (Å²) in [7, 11) is 0. The second-order valence-corrected chi connectivity index (χ2v) is 5.86. The zero-order chi connectivity index (χ0) is 8.17. The van der Waals surface area contributed by atoms with Gasteiger partial charge in [-0.05, 0) is 31.9 Å². The largest absolute Gasteiger partial charge is 0.274 e. The molecule has 0 aliphatic carbocycles. The Hall–Kier alpha value is 0.130. The molecule has 11 heavy (non-hydrogen) atoms. The van der Waals surface area contributed by atoms with Gasteiger partial charge < -0.3 is 0 Å². The number of nitrogens with zero attached hydrogens (tertiary/aromatic N) is 1. The van der Waals surface area contributed by atoms with Gasteiger partial charge in [0.15, 0.2) is 0 Å². The number of hydrogen-bond acceptors (Lipinski definition) is 2. The molecule has 0 radical (unpaired) electrons. The summed E-state index contributed by atoms with van der Waals surface area (Å²) < 4.78 is 2.05. The highest BCUT2D eigenvalue weighted by Gasteiger charge is 2.40. The zero-order valence-corrected chi connectivity index (χ0v) is 9.51. The summed E-state index contributed by atoms with van der Waals surface area (Å²) in [6, 6.07) is 0. The van der Waals surface area contributed by atoms with Crippen molar-refractivity contribution in [3.8, 4) is 0 Å². The molecule has 0 fully saturated rings. The van der Waals surface area contributed by atoms with Crippen LogP contribution in [0.4, 0.5) is 11.4 Å². The summed E-state index contributed by atoms with van der Waals surface area (Å²) in [6.07, 6.45) is 0. The second kappa shape index (κ2) is 2.31. The van der Waals surface area contributed by atoms with Crippen molar-refractivity contribution in [2.24, 2.45) is 0 Å². The number of carbonyl (C=O) groups excluding carboxylic acids is 1. The lowest BCUT2D eigenvalue weighted by Gasteiger charge is -1.96. The van der Waals surface area contributed by atoms with Crippen LogP contribution < -0.4 is 4.90 Å². The van der Waals surface area contributed by atoms with Crippen molar-refractivity contribution < 1.29 is 4.79 Å². The Labute approximate surface area is 84.5 Å². The molecule has 0 N–H and O–H groups in total. The van der Waals surface area contributed by atoms with E-state index in [4.69, 9.17) is 0 Å². The lowest BCUT2D eigenvalue weighted by atomic mass is 10.7. The molecule has 0 saturated heterocycles. The maximum absolute atomic E-state index is 10.9. The van der Waals surface area contributed by atoms with Crippen LogP contribution >= 0.6 is 43.2 Å². The Kier molecular flexibility index (Phi) is 1.63. The SMILES string of the molecule is CC(=O)N1c2c(Br)sc(Br)c21. The first kappa shape index (κ1) is 7.76. The molecular formula is C6H3Br2NOS. The van der Waals surface area contributed by atoms with E-state index in [-0.39, 0.29) is 5.91 Å². The topological polar surface area (TPSA) is 20.1 Å². The van der Waals surface area contributed by atoms with Gasteiger partial charge in [0.05, 0.1) is 18.9 Å². The predicted octanol–water partition coefficient (Wildman–Crippen LogP) is 3.27. The van der Waals surface area contributed by atoms with Gasteiger partial charge in [0.25, 0.3) is 0 Å². The molecule has 1 amide bonds. The molecule has 58 valence electrons. The van der Waals surface area contributed by atoms with Gasteiger partial charge in [-0.1, -0.05) is 0 Å². The average Bonchev–Trinajstić information content (AvgIpc) is 2.53. The van der Waals surface area contributed by atoms with Crippen LogP contribution in [0.3, 0.4) is 0 Å². The molecule has 0 unspecified atom stereocenters. The first-order chi connectivity index (χ1) is 5.13. The number of anilines is 2. The van der Waals surface area contributed by atoms with Crippen molar-refractivity contribution in [2.75, 3.05) is 4.90 Å². The van der Waals surface area contributed by atoms with Gasteiger partial charge >= 0.3 is 0 Å². The van der Waals surface area contributed by atoms with Crippen molar-refractivity contribution in [1.29, 1.82) is 0 Å². The smallest absolute Gasteiger partial charge is 0.228 e. The molecule has 1 aliphatic rings. The van der Waals surface area contributed by atoms with E-state index < -0.39 is 0 Å². The highest BCUT2D eigenvalue weighted by molar-refractivity contribution is 9.12. The summed E-state index contributed by atoms with van der Waals surface area (Å²) >= 11 is 8.34. The zero-order valence-electron chi connectivity index (χ0n) is 5.52. The minimum absolute atomic E-state index is 0.0733. The van der Waals surface area contributed by atoms with Crippen LogP contribution in [0.5, 0.6) is 0 Å². The van der Waals surface area contributed by atoms with Crippen molar-refractivity contribution in [1.82, 2.24) is 0 Å². The van der Waals surface area contributed by atoms with E-state index in [0.717, 1.165) is 18.9 Å². The minimum atomic E-state index is 0.0733. The molecule has 0 bridgehead atoms. The molecular weight excluding hydrogens is 294 g/mol. The third-order valence-corrected chi connectivity index (χ3v) is 3.96. The fourth-order valence-electron chi connectivity index (χ4n) is 1.02. The van der Waals surface area contributed by atoms with Crippen LogP contribution in [0.2, 0.25) is 0 Å². The van der Waals surface area contributed by atoms with Crippen LogP contribution in [0, 0.1) is 0 Å². The molecule has 1 aromatic heterocycles. The molecule has 2 heterocycles.